The highest BCUT2D eigenvalue weighted by molar-refractivity contribution is 6.10. The number of nitrogens with zero attached hydrogens (tertiary/aromatic N) is 4. The molecular formula is C49H34N4. The molecule has 0 aliphatic heterocycles. The molecule has 10 rings (SSSR count). The van der Waals surface area contributed by atoms with E-state index >= 15 is 0 Å². The maximum Gasteiger partial charge on any atom is 0.137 e. The fourth-order valence-corrected chi connectivity index (χ4v) is 7.67. The first kappa shape index (κ1) is 30.6. The standard InChI is InChI=1S/C49H34N4/c1-4-14-36(15-5-1)48-49(51-33-13-12-22-47(51)50-48)37-25-30-42(31-26-37)52(39-16-6-2-7-17-39)41-28-23-35(24-29-41)38-27-32-46-44(34-38)43-20-10-11-21-45(43)53(46)40-18-8-3-9-19-40/h1-34H. The molecule has 0 bridgehead atoms. The summed E-state index contributed by atoms with van der Waals surface area (Å²) in [5.74, 6) is 0. The van der Waals surface area contributed by atoms with E-state index in [1.54, 1.807) is 0 Å². The lowest BCUT2D eigenvalue weighted by Gasteiger charge is -2.26. The number of para-hydroxylation sites is 3. The van der Waals surface area contributed by atoms with E-state index in [2.05, 4.69) is 208 Å². The first-order chi connectivity index (χ1) is 26.3. The van der Waals surface area contributed by atoms with Gasteiger partial charge in [0.15, 0.2) is 0 Å². The highest BCUT2D eigenvalue weighted by atomic mass is 15.1. The van der Waals surface area contributed by atoms with Crippen molar-refractivity contribution in [2.75, 3.05) is 4.90 Å². The van der Waals surface area contributed by atoms with E-state index in [-0.39, 0.29) is 0 Å². The van der Waals surface area contributed by atoms with Crippen molar-refractivity contribution in [1.82, 2.24) is 14.0 Å². The Kier molecular flexibility index (Phi) is 7.43. The molecule has 250 valence electrons. The fourth-order valence-electron chi connectivity index (χ4n) is 7.67. The van der Waals surface area contributed by atoms with Gasteiger partial charge >= 0.3 is 0 Å². The van der Waals surface area contributed by atoms with Crippen LogP contribution in [0.5, 0.6) is 0 Å². The molecular weight excluding hydrogens is 645 g/mol. The third-order valence-corrected chi connectivity index (χ3v) is 10.1. The second kappa shape index (κ2) is 12.9. The summed E-state index contributed by atoms with van der Waals surface area (Å²) in [5, 5.41) is 2.50. The Morgan fingerprint density at radius 3 is 1.70 bits per heavy atom. The first-order valence-corrected chi connectivity index (χ1v) is 18.0. The molecule has 0 amide bonds. The van der Waals surface area contributed by atoms with Crippen LogP contribution in [-0.4, -0.2) is 14.0 Å². The van der Waals surface area contributed by atoms with Crippen molar-refractivity contribution in [2.24, 2.45) is 0 Å². The van der Waals surface area contributed by atoms with Gasteiger partial charge in [0.25, 0.3) is 0 Å². The molecule has 0 fully saturated rings. The zero-order valence-electron chi connectivity index (χ0n) is 28.9. The minimum atomic E-state index is 0.928. The summed E-state index contributed by atoms with van der Waals surface area (Å²) < 4.78 is 4.54. The molecule has 0 atom stereocenters. The molecule has 3 aromatic heterocycles. The summed E-state index contributed by atoms with van der Waals surface area (Å²) in [4.78, 5) is 7.36. The molecule has 0 aliphatic carbocycles. The van der Waals surface area contributed by atoms with E-state index < -0.39 is 0 Å². The third-order valence-electron chi connectivity index (χ3n) is 10.1. The van der Waals surface area contributed by atoms with Crippen LogP contribution >= 0.6 is 0 Å². The normalized spacial score (nSPS) is 11.4. The predicted octanol–water partition coefficient (Wildman–Crippen LogP) is 12.9. The minimum absolute atomic E-state index is 0.928. The van der Waals surface area contributed by atoms with Crippen molar-refractivity contribution >= 4 is 44.5 Å². The smallest absolute Gasteiger partial charge is 0.137 e. The van der Waals surface area contributed by atoms with Gasteiger partial charge in [-0.05, 0) is 90.0 Å². The summed E-state index contributed by atoms with van der Waals surface area (Å²) >= 11 is 0. The summed E-state index contributed by atoms with van der Waals surface area (Å²) in [6, 6.07) is 71.1. The van der Waals surface area contributed by atoms with Crippen molar-refractivity contribution in [3.05, 3.63) is 206 Å². The number of benzene rings is 7. The summed E-state index contributed by atoms with van der Waals surface area (Å²) in [6.45, 7) is 0. The molecule has 0 unspecified atom stereocenters. The molecule has 10 aromatic rings. The second-order valence-corrected chi connectivity index (χ2v) is 13.3. The lowest BCUT2D eigenvalue weighted by Crippen LogP contribution is -2.09. The van der Waals surface area contributed by atoms with Crippen molar-refractivity contribution in [1.29, 1.82) is 0 Å². The maximum atomic E-state index is 5.04. The Morgan fingerprint density at radius 2 is 0.962 bits per heavy atom. The maximum absolute atomic E-state index is 5.04. The van der Waals surface area contributed by atoms with Crippen molar-refractivity contribution in [3.63, 3.8) is 0 Å². The van der Waals surface area contributed by atoms with Crippen LogP contribution in [0.3, 0.4) is 0 Å². The zero-order valence-corrected chi connectivity index (χ0v) is 28.9. The lowest BCUT2D eigenvalue weighted by molar-refractivity contribution is 1.18. The number of hydrogen-bond acceptors (Lipinski definition) is 2. The number of hydrogen-bond donors (Lipinski definition) is 0. The van der Waals surface area contributed by atoms with Gasteiger partial charge in [0, 0.05) is 50.8 Å². The number of aromatic nitrogens is 3. The molecule has 7 aromatic carbocycles. The minimum Gasteiger partial charge on any atom is -0.311 e. The van der Waals surface area contributed by atoms with Crippen molar-refractivity contribution in [3.8, 4) is 39.3 Å². The molecule has 4 nitrogen and oxygen atoms in total. The van der Waals surface area contributed by atoms with Crippen LogP contribution in [-0.2, 0) is 0 Å². The summed E-state index contributed by atoms with van der Waals surface area (Å²) in [6.07, 6.45) is 2.09. The van der Waals surface area contributed by atoms with Crippen LogP contribution in [0.4, 0.5) is 17.1 Å². The van der Waals surface area contributed by atoms with Gasteiger partial charge in [-0.3, -0.25) is 4.40 Å². The van der Waals surface area contributed by atoms with Gasteiger partial charge in [0.2, 0.25) is 0 Å². The molecule has 53 heavy (non-hydrogen) atoms. The van der Waals surface area contributed by atoms with Crippen LogP contribution < -0.4 is 4.90 Å². The molecule has 4 heteroatoms. The van der Waals surface area contributed by atoms with Gasteiger partial charge in [-0.1, -0.05) is 121 Å². The van der Waals surface area contributed by atoms with E-state index in [9.17, 15) is 0 Å². The van der Waals surface area contributed by atoms with Crippen LogP contribution in [0, 0.1) is 0 Å². The topological polar surface area (TPSA) is 25.5 Å². The Labute approximate surface area is 308 Å². The Hall–Kier alpha value is -7.17. The van der Waals surface area contributed by atoms with Crippen LogP contribution in [0.25, 0.3) is 66.8 Å². The van der Waals surface area contributed by atoms with E-state index in [0.717, 1.165) is 45.2 Å². The molecule has 0 saturated carbocycles. The molecule has 0 N–H and O–H groups in total. The zero-order chi connectivity index (χ0) is 35.1. The van der Waals surface area contributed by atoms with Gasteiger partial charge < -0.3 is 9.47 Å². The van der Waals surface area contributed by atoms with Gasteiger partial charge in [0.1, 0.15) is 5.65 Å². The molecule has 0 saturated heterocycles. The molecule has 3 heterocycles. The van der Waals surface area contributed by atoms with E-state index in [1.807, 2.05) is 12.1 Å². The summed E-state index contributed by atoms with van der Waals surface area (Å²) in [5.41, 5.74) is 14.4. The predicted molar refractivity (Wildman–Crippen MR) is 221 cm³/mol. The molecule has 0 aliphatic rings. The fraction of sp³-hybridized carbons (Fsp3) is 0. The SMILES string of the molecule is c1ccc(-c2nc3ccccn3c2-c2ccc(N(c3ccccc3)c3ccc(-c4ccc5c(c4)c4ccccc4n5-c4ccccc4)cc3)cc2)cc1. The number of fused-ring (bicyclic) bond motifs is 4. The van der Waals surface area contributed by atoms with Gasteiger partial charge in [0.05, 0.1) is 22.4 Å². The van der Waals surface area contributed by atoms with Gasteiger partial charge in [-0.25, -0.2) is 4.98 Å². The van der Waals surface area contributed by atoms with Gasteiger partial charge in [-0.15, -0.1) is 0 Å². The molecule has 0 radical (unpaired) electrons. The number of imidazole rings is 1. The second-order valence-electron chi connectivity index (χ2n) is 13.3. The Bertz CT molecular complexity index is 2850. The lowest BCUT2D eigenvalue weighted by atomic mass is 10.0. The highest BCUT2D eigenvalue weighted by Gasteiger charge is 2.18. The number of pyridine rings is 1. The van der Waals surface area contributed by atoms with Crippen LogP contribution in [0.2, 0.25) is 0 Å². The summed E-state index contributed by atoms with van der Waals surface area (Å²) in [7, 11) is 0. The van der Waals surface area contributed by atoms with Crippen LogP contribution in [0.15, 0.2) is 206 Å². The van der Waals surface area contributed by atoms with E-state index in [1.165, 1.54) is 38.6 Å². The Balaban J connectivity index is 1.03. The Morgan fingerprint density at radius 1 is 0.396 bits per heavy atom. The first-order valence-electron chi connectivity index (χ1n) is 18.0. The van der Waals surface area contributed by atoms with Crippen molar-refractivity contribution < 1.29 is 0 Å². The van der Waals surface area contributed by atoms with E-state index in [4.69, 9.17) is 4.98 Å². The monoisotopic (exact) mass is 678 g/mol. The largest absolute Gasteiger partial charge is 0.311 e. The molecule has 0 spiro atoms. The average Bonchev–Trinajstić information content (AvgIpc) is 3.79. The number of anilines is 3. The quantitative estimate of drug-likeness (QED) is 0.168. The average molecular weight is 679 g/mol. The number of rotatable bonds is 7. The van der Waals surface area contributed by atoms with Crippen LogP contribution in [0.1, 0.15) is 0 Å². The van der Waals surface area contributed by atoms with Gasteiger partial charge in [-0.2, -0.15) is 0 Å². The third kappa shape index (κ3) is 5.36. The highest BCUT2D eigenvalue weighted by Crippen LogP contribution is 2.40. The van der Waals surface area contributed by atoms with Crippen molar-refractivity contribution in [2.45, 2.75) is 0 Å². The van der Waals surface area contributed by atoms with E-state index in [0.29, 0.717) is 0 Å².